The van der Waals surface area contributed by atoms with Crippen molar-refractivity contribution in [3.8, 4) is 0 Å². The minimum atomic E-state index is -1.07. The maximum atomic E-state index is 13.6. The Labute approximate surface area is 199 Å². The number of fused-ring (bicyclic) bond motifs is 4. The number of Topliss-reactive ketones (excluding diaryl/α,β-unsaturated/α-hetero) is 2. The molecule has 0 heterocycles. The van der Waals surface area contributed by atoms with Crippen LogP contribution in [-0.2, 0) is 19.1 Å². The number of ether oxygens (including phenoxy) is 1. The highest BCUT2D eigenvalue weighted by atomic mass is 16.5. The Morgan fingerprint density at radius 2 is 1.30 bits per heavy atom. The second kappa shape index (κ2) is 7.39. The summed E-state index contributed by atoms with van der Waals surface area (Å²) in [6.07, 6.45) is 8.90. The summed E-state index contributed by atoms with van der Waals surface area (Å²) in [6, 6.07) is 0. The summed E-state index contributed by atoms with van der Waals surface area (Å²) in [7, 11) is 0. The Kier molecular flexibility index (Phi) is 5.47. The molecular weight excluding hydrogens is 412 g/mol. The van der Waals surface area contributed by atoms with Crippen LogP contribution in [0.1, 0.15) is 93.9 Å². The van der Waals surface area contributed by atoms with E-state index >= 15 is 0 Å². The van der Waals surface area contributed by atoms with E-state index in [4.69, 9.17) is 4.74 Å². The van der Waals surface area contributed by atoms with Crippen molar-refractivity contribution in [2.75, 3.05) is 6.61 Å². The first-order chi connectivity index (χ1) is 15.2. The molecule has 4 unspecified atom stereocenters. The van der Waals surface area contributed by atoms with E-state index in [1.165, 1.54) is 0 Å². The molecule has 0 spiro atoms. The van der Waals surface area contributed by atoms with Gasteiger partial charge in [0.15, 0.2) is 11.6 Å². The lowest BCUT2D eigenvalue weighted by molar-refractivity contribution is -0.150. The molecule has 0 N–H and O–H groups in total. The highest BCUT2D eigenvalue weighted by molar-refractivity contribution is 6.07. The van der Waals surface area contributed by atoms with Crippen molar-refractivity contribution in [3.63, 3.8) is 0 Å². The lowest BCUT2D eigenvalue weighted by Crippen LogP contribution is -2.34. The predicted molar refractivity (Wildman–Crippen MR) is 129 cm³/mol. The summed E-state index contributed by atoms with van der Waals surface area (Å²) >= 11 is 0. The van der Waals surface area contributed by atoms with Crippen molar-refractivity contribution < 1.29 is 19.1 Å². The van der Waals surface area contributed by atoms with Crippen molar-refractivity contribution in [3.05, 3.63) is 23.3 Å². The molecule has 0 radical (unpaired) electrons. The van der Waals surface area contributed by atoms with Crippen LogP contribution in [0.2, 0.25) is 0 Å². The quantitative estimate of drug-likeness (QED) is 0.352. The average molecular weight is 455 g/mol. The molecule has 0 aromatic rings. The Bertz CT molecular complexity index is 900. The minimum absolute atomic E-state index is 0.132. The van der Waals surface area contributed by atoms with Crippen LogP contribution in [0.4, 0.5) is 0 Å². The zero-order valence-corrected chi connectivity index (χ0v) is 21.9. The first kappa shape index (κ1) is 24.4. The van der Waals surface area contributed by atoms with Gasteiger partial charge in [0.05, 0.1) is 6.61 Å². The normalized spacial score (nSPS) is 40.1. The van der Waals surface area contributed by atoms with Crippen LogP contribution in [0.5, 0.6) is 0 Å². The van der Waals surface area contributed by atoms with E-state index in [0.717, 1.165) is 43.3 Å². The molecule has 33 heavy (non-hydrogen) atoms. The summed E-state index contributed by atoms with van der Waals surface area (Å²) in [5, 5.41) is 0. The Hall–Kier alpha value is -1.71. The molecule has 4 saturated carbocycles. The number of carbonyl (C=O) groups excluding carboxylic acids is 3. The van der Waals surface area contributed by atoms with Crippen molar-refractivity contribution in [2.24, 2.45) is 38.9 Å². The van der Waals surface area contributed by atoms with Gasteiger partial charge in [0.1, 0.15) is 5.41 Å². The van der Waals surface area contributed by atoms with E-state index < -0.39 is 5.41 Å². The van der Waals surface area contributed by atoms with E-state index in [-0.39, 0.29) is 57.6 Å². The summed E-state index contributed by atoms with van der Waals surface area (Å²) < 4.78 is 5.61. The number of rotatable bonds is 6. The predicted octanol–water partition coefficient (Wildman–Crippen LogP) is 6.24. The van der Waals surface area contributed by atoms with Crippen LogP contribution in [-0.4, -0.2) is 24.1 Å². The SMILES string of the molecule is CCCC(C=C1C(=O)C2(C)CCC1C2(C)C)(C=C1C(=O)C2(C)CCC1C2(C)C)C(=O)OCC. The van der Waals surface area contributed by atoms with E-state index in [0.29, 0.717) is 6.42 Å². The zero-order valence-electron chi connectivity index (χ0n) is 21.9. The second-order valence-corrected chi connectivity index (χ2v) is 12.7. The topological polar surface area (TPSA) is 60.4 Å². The molecule has 4 nitrogen and oxygen atoms in total. The lowest BCUT2D eigenvalue weighted by atomic mass is 9.70. The largest absolute Gasteiger partial charge is 0.465 e. The third-order valence-corrected chi connectivity index (χ3v) is 10.9. The minimum Gasteiger partial charge on any atom is -0.465 e. The maximum absolute atomic E-state index is 13.6. The summed E-state index contributed by atoms with van der Waals surface area (Å²) in [6.45, 7) is 17.1. The van der Waals surface area contributed by atoms with E-state index in [9.17, 15) is 14.4 Å². The van der Waals surface area contributed by atoms with Gasteiger partial charge in [0.25, 0.3) is 0 Å². The fourth-order valence-electron chi connectivity index (χ4n) is 7.83. The summed E-state index contributed by atoms with van der Waals surface area (Å²) in [5.74, 6) is 0.313. The maximum Gasteiger partial charge on any atom is 0.319 e. The van der Waals surface area contributed by atoms with Crippen LogP contribution < -0.4 is 0 Å². The monoisotopic (exact) mass is 454 g/mol. The molecule has 0 aromatic heterocycles. The molecule has 4 aliphatic rings. The van der Waals surface area contributed by atoms with Gasteiger partial charge in [-0.2, -0.15) is 0 Å². The highest BCUT2D eigenvalue weighted by Gasteiger charge is 2.66. The molecule has 182 valence electrons. The van der Waals surface area contributed by atoms with Crippen molar-refractivity contribution in [1.29, 1.82) is 0 Å². The third kappa shape index (κ3) is 2.91. The van der Waals surface area contributed by atoms with E-state index in [2.05, 4.69) is 41.5 Å². The van der Waals surface area contributed by atoms with Gasteiger partial charge in [-0.25, -0.2) is 0 Å². The van der Waals surface area contributed by atoms with Crippen molar-refractivity contribution in [2.45, 2.75) is 93.9 Å². The fraction of sp³-hybridized carbons (Fsp3) is 0.759. The van der Waals surface area contributed by atoms with Crippen LogP contribution in [0.3, 0.4) is 0 Å². The Balaban J connectivity index is 1.90. The first-order valence-corrected chi connectivity index (χ1v) is 13.0. The van der Waals surface area contributed by atoms with Crippen LogP contribution in [0.15, 0.2) is 23.3 Å². The van der Waals surface area contributed by atoms with Crippen LogP contribution >= 0.6 is 0 Å². The van der Waals surface area contributed by atoms with Gasteiger partial charge in [-0.1, -0.05) is 67.0 Å². The van der Waals surface area contributed by atoms with Gasteiger partial charge in [-0.05, 0) is 72.8 Å². The second-order valence-electron chi connectivity index (χ2n) is 12.7. The number of carbonyl (C=O) groups is 3. The number of ketones is 2. The van der Waals surface area contributed by atoms with Gasteiger partial charge in [-0.3, -0.25) is 14.4 Å². The molecule has 4 heteroatoms. The fourth-order valence-corrected chi connectivity index (χ4v) is 7.83. The molecule has 0 saturated heterocycles. The third-order valence-electron chi connectivity index (χ3n) is 10.9. The van der Waals surface area contributed by atoms with Gasteiger partial charge in [0, 0.05) is 10.8 Å². The number of allylic oxidation sites excluding steroid dienone is 2. The van der Waals surface area contributed by atoms with E-state index in [1.807, 2.05) is 26.0 Å². The summed E-state index contributed by atoms with van der Waals surface area (Å²) in [5.41, 5.74) is -0.543. The molecule has 4 atom stereocenters. The van der Waals surface area contributed by atoms with Crippen molar-refractivity contribution >= 4 is 17.5 Å². The molecule has 4 fully saturated rings. The van der Waals surface area contributed by atoms with E-state index in [1.54, 1.807) is 0 Å². The standard InChI is InChI=1S/C29H42O4/c1-9-13-29(24(32)33-10-2,16-18-20-11-14-27(7,22(18)30)25(20,3)4)17-19-21-12-15-28(8,23(19)31)26(21,5)6/h16-17,20-21H,9-15H2,1-8H3. The van der Waals surface area contributed by atoms with Crippen LogP contribution in [0, 0.1) is 38.9 Å². The number of hydrogen-bond acceptors (Lipinski definition) is 4. The number of hydrogen-bond donors (Lipinski definition) is 0. The molecule has 0 aliphatic heterocycles. The van der Waals surface area contributed by atoms with Gasteiger partial charge < -0.3 is 4.74 Å². The molecule has 0 amide bonds. The van der Waals surface area contributed by atoms with Crippen LogP contribution in [0.25, 0.3) is 0 Å². The lowest BCUT2D eigenvalue weighted by Gasteiger charge is -2.31. The smallest absolute Gasteiger partial charge is 0.319 e. The van der Waals surface area contributed by atoms with Gasteiger partial charge in [0.2, 0.25) is 0 Å². The zero-order chi connectivity index (χ0) is 24.6. The first-order valence-electron chi connectivity index (χ1n) is 13.0. The Morgan fingerprint density at radius 1 is 0.879 bits per heavy atom. The van der Waals surface area contributed by atoms with Gasteiger partial charge >= 0.3 is 5.97 Å². The molecule has 0 aromatic carbocycles. The van der Waals surface area contributed by atoms with Gasteiger partial charge in [-0.15, -0.1) is 0 Å². The summed E-state index contributed by atoms with van der Waals surface area (Å²) in [4.78, 5) is 40.9. The highest BCUT2D eigenvalue weighted by Crippen LogP contribution is 2.67. The molecule has 4 rings (SSSR count). The van der Waals surface area contributed by atoms with Crippen molar-refractivity contribution in [1.82, 2.24) is 0 Å². The molecule has 4 aliphatic carbocycles. The molecular formula is C29H42O4. The molecule has 4 bridgehead atoms. The Morgan fingerprint density at radius 3 is 1.61 bits per heavy atom. The average Bonchev–Trinajstić information content (AvgIpc) is 3.21. The number of esters is 1.